The van der Waals surface area contributed by atoms with Gasteiger partial charge in [0.1, 0.15) is 0 Å². The fourth-order valence-electron chi connectivity index (χ4n) is 0.569. The highest BCUT2D eigenvalue weighted by Crippen LogP contribution is 1.92. The van der Waals surface area contributed by atoms with Crippen LogP contribution in [0.1, 0.15) is 13.8 Å². The Morgan fingerprint density at radius 2 is 2.18 bits per heavy atom. The van der Waals surface area contributed by atoms with Crippen molar-refractivity contribution in [1.82, 2.24) is 4.90 Å². The topological polar surface area (TPSA) is 20.3 Å². The van der Waals surface area contributed by atoms with E-state index in [0.717, 1.165) is 0 Å². The highest BCUT2D eigenvalue weighted by Gasteiger charge is 2.09. The molecule has 0 fully saturated rings. The maximum atomic E-state index is 10.8. The van der Waals surface area contributed by atoms with Gasteiger partial charge in [0.2, 0.25) is 5.91 Å². The first-order chi connectivity index (χ1) is 5.13. The second kappa shape index (κ2) is 4.41. The monoisotopic (exact) mass is 149 g/mol. The summed E-state index contributed by atoms with van der Waals surface area (Å²) in [6.45, 7) is 3.15. The van der Waals surface area contributed by atoms with E-state index in [9.17, 15) is 4.79 Å². The standard InChI is InChI=1S/C9H11NO/c1-5-7-9(6-2)10(4)8(3)11/h2,9H,1,3-4H3. The molecule has 0 saturated carbocycles. The van der Waals surface area contributed by atoms with Gasteiger partial charge in [-0.3, -0.25) is 4.79 Å². The highest BCUT2D eigenvalue weighted by molar-refractivity contribution is 5.74. The molecule has 0 saturated heterocycles. The molecule has 2 nitrogen and oxygen atoms in total. The maximum Gasteiger partial charge on any atom is 0.220 e. The van der Waals surface area contributed by atoms with Crippen LogP contribution < -0.4 is 0 Å². The first-order valence-corrected chi connectivity index (χ1v) is 3.25. The van der Waals surface area contributed by atoms with Gasteiger partial charge in [-0.15, -0.1) is 12.3 Å². The van der Waals surface area contributed by atoms with Crippen LogP contribution >= 0.6 is 0 Å². The van der Waals surface area contributed by atoms with Crippen molar-refractivity contribution in [1.29, 1.82) is 0 Å². The molecule has 0 heterocycles. The zero-order valence-electron chi connectivity index (χ0n) is 7.01. The number of carbonyl (C=O) groups is 1. The molecular formula is C9H11NO. The zero-order chi connectivity index (χ0) is 8.85. The highest BCUT2D eigenvalue weighted by atomic mass is 16.2. The van der Waals surface area contributed by atoms with Crippen LogP contribution in [-0.4, -0.2) is 23.9 Å². The predicted molar refractivity (Wildman–Crippen MR) is 44.5 cm³/mol. The lowest BCUT2D eigenvalue weighted by molar-refractivity contribution is -0.127. The number of nitrogens with zero attached hydrogens (tertiary/aromatic N) is 1. The van der Waals surface area contributed by atoms with Gasteiger partial charge in [-0.25, -0.2) is 0 Å². The first kappa shape index (κ1) is 9.59. The molecule has 0 bridgehead atoms. The van der Waals surface area contributed by atoms with Crippen LogP contribution in [0.3, 0.4) is 0 Å². The molecule has 1 amide bonds. The van der Waals surface area contributed by atoms with Crippen LogP contribution in [0.5, 0.6) is 0 Å². The van der Waals surface area contributed by atoms with E-state index in [2.05, 4.69) is 17.8 Å². The Balaban J connectivity index is 4.37. The van der Waals surface area contributed by atoms with Gasteiger partial charge >= 0.3 is 0 Å². The first-order valence-electron chi connectivity index (χ1n) is 3.25. The minimum atomic E-state index is -0.391. The van der Waals surface area contributed by atoms with E-state index in [1.807, 2.05) is 0 Å². The van der Waals surface area contributed by atoms with Crippen molar-refractivity contribution < 1.29 is 4.79 Å². The lowest BCUT2D eigenvalue weighted by Crippen LogP contribution is -2.33. The van der Waals surface area contributed by atoms with E-state index in [1.165, 1.54) is 11.8 Å². The molecule has 0 N–H and O–H groups in total. The normalized spacial score (nSPS) is 10.4. The average molecular weight is 149 g/mol. The van der Waals surface area contributed by atoms with Crippen molar-refractivity contribution in [2.45, 2.75) is 19.9 Å². The Hall–Kier alpha value is -1.41. The van der Waals surface area contributed by atoms with Crippen molar-refractivity contribution in [3.05, 3.63) is 0 Å². The van der Waals surface area contributed by atoms with E-state index in [4.69, 9.17) is 6.42 Å². The van der Waals surface area contributed by atoms with Crippen LogP contribution in [0.15, 0.2) is 0 Å². The quantitative estimate of drug-likeness (QED) is 0.497. The number of rotatable bonds is 1. The molecule has 0 aliphatic heterocycles. The number of hydrogen-bond acceptors (Lipinski definition) is 1. The maximum absolute atomic E-state index is 10.8. The Labute approximate surface area is 67.6 Å². The molecule has 0 aromatic rings. The van der Waals surface area contributed by atoms with Gasteiger partial charge in [-0.05, 0) is 6.92 Å². The number of carbonyl (C=O) groups excluding carboxylic acids is 1. The summed E-state index contributed by atoms with van der Waals surface area (Å²) in [5.74, 6) is 7.74. The van der Waals surface area contributed by atoms with Gasteiger partial charge in [-0.2, -0.15) is 0 Å². The summed E-state index contributed by atoms with van der Waals surface area (Å²) in [7, 11) is 1.64. The molecule has 1 unspecified atom stereocenters. The summed E-state index contributed by atoms with van der Waals surface area (Å²) < 4.78 is 0. The van der Waals surface area contributed by atoms with Crippen molar-refractivity contribution in [3.8, 4) is 24.2 Å². The Bertz CT molecular complexity index is 239. The number of terminal acetylenes is 1. The van der Waals surface area contributed by atoms with Gasteiger partial charge < -0.3 is 4.90 Å². The summed E-state index contributed by atoms with van der Waals surface area (Å²) in [5.41, 5.74) is 0. The van der Waals surface area contributed by atoms with Gasteiger partial charge in [0.25, 0.3) is 0 Å². The van der Waals surface area contributed by atoms with E-state index >= 15 is 0 Å². The largest absolute Gasteiger partial charge is 0.322 e. The minimum Gasteiger partial charge on any atom is -0.322 e. The second-order valence-electron chi connectivity index (χ2n) is 2.09. The van der Waals surface area contributed by atoms with E-state index in [1.54, 1.807) is 14.0 Å². The molecule has 1 atom stereocenters. The Morgan fingerprint density at radius 1 is 1.64 bits per heavy atom. The molecule has 0 aliphatic carbocycles. The van der Waals surface area contributed by atoms with Gasteiger partial charge in [-0.1, -0.05) is 11.8 Å². The molecule has 0 rings (SSSR count). The van der Waals surface area contributed by atoms with E-state index in [0.29, 0.717) is 0 Å². The summed E-state index contributed by atoms with van der Waals surface area (Å²) in [4.78, 5) is 12.2. The van der Waals surface area contributed by atoms with Gasteiger partial charge in [0.15, 0.2) is 6.04 Å². The van der Waals surface area contributed by atoms with Crippen molar-refractivity contribution in [2.24, 2.45) is 0 Å². The van der Waals surface area contributed by atoms with E-state index in [-0.39, 0.29) is 5.91 Å². The Morgan fingerprint density at radius 3 is 2.45 bits per heavy atom. The van der Waals surface area contributed by atoms with E-state index < -0.39 is 6.04 Å². The van der Waals surface area contributed by atoms with Crippen molar-refractivity contribution in [3.63, 3.8) is 0 Å². The summed E-state index contributed by atoms with van der Waals surface area (Å²) in [6, 6.07) is -0.391. The third-order valence-corrected chi connectivity index (χ3v) is 1.32. The summed E-state index contributed by atoms with van der Waals surface area (Å²) >= 11 is 0. The van der Waals surface area contributed by atoms with Crippen LogP contribution in [0.2, 0.25) is 0 Å². The molecule has 0 aromatic carbocycles. The molecular weight excluding hydrogens is 138 g/mol. The third kappa shape index (κ3) is 2.78. The fourth-order valence-corrected chi connectivity index (χ4v) is 0.569. The zero-order valence-corrected chi connectivity index (χ0v) is 7.01. The predicted octanol–water partition coefficient (Wildman–Crippen LogP) is 0.490. The Kier molecular flexibility index (Phi) is 3.85. The van der Waals surface area contributed by atoms with Crippen LogP contribution in [-0.2, 0) is 4.79 Å². The molecule has 2 heteroatoms. The molecule has 0 spiro atoms. The summed E-state index contributed by atoms with van der Waals surface area (Å²) in [6.07, 6.45) is 5.15. The molecule has 0 radical (unpaired) electrons. The van der Waals surface area contributed by atoms with Crippen LogP contribution in [0, 0.1) is 24.2 Å². The average Bonchev–Trinajstić information content (AvgIpc) is 1.98. The molecule has 11 heavy (non-hydrogen) atoms. The fraction of sp³-hybridized carbons (Fsp3) is 0.444. The summed E-state index contributed by atoms with van der Waals surface area (Å²) in [5, 5.41) is 0. The number of amides is 1. The second-order valence-corrected chi connectivity index (χ2v) is 2.09. The van der Waals surface area contributed by atoms with Crippen molar-refractivity contribution in [2.75, 3.05) is 7.05 Å². The molecule has 0 aliphatic rings. The number of hydrogen-bond donors (Lipinski definition) is 0. The van der Waals surface area contributed by atoms with Crippen LogP contribution in [0.25, 0.3) is 0 Å². The molecule has 58 valence electrons. The smallest absolute Gasteiger partial charge is 0.220 e. The van der Waals surface area contributed by atoms with Crippen molar-refractivity contribution >= 4 is 5.91 Å². The lowest BCUT2D eigenvalue weighted by Gasteiger charge is -2.16. The van der Waals surface area contributed by atoms with Crippen LogP contribution in [0.4, 0.5) is 0 Å². The molecule has 0 aromatic heterocycles. The van der Waals surface area contributed by atoms with Gasteiger partial charge in [0, 0.05) is 14.0 Å². The lowest BCUT2D eigenvalue weighted by atomic mass is 10.3. The minimum absolute atomic E-state index is 0.0734. The van der Waals surface area contributed by atoms with Gasteiger partial charge in [0.05, 0.1) is 0 Å². The SMILES string of the molecule is C#CC(C#CC)N(C)C(C)=O. The third-order valence-electron chi connectivity index (χ3n) is 1.32.